The van der Waals surface area contributed by atoms with Gasteiger partial charge in [-0.3, -0.25) is 9.59 Å². The van der Waals surface area contributed by atoms with Crippen molar-refractivity contribution in [2.24, 2.45) is 4.99 Å². The lowest BCUT2D eigenvalue weighted by molar-refractivity contribution is -0.116. The Kier molecular flexibility index (Phi) is 6.45. The maximum Gasteiger partial charge on any atom is 0.263 e. The van der Waals surface area contributed by atoms with Crippen molar-refractivity contribution >= 4 is 64.8 Å². The number of para-hydroxylation sites is 1. The number of anilines is 1. The minimum Gasteiger partial charge on any atom is -0.313 e. The molecule has 166 valence electrons. The monoisotopic (exact) mass is 533 g/mol. The first-order chi connectivity index (χ1) is 15.3. The third-order valence-corrected chi connectivity index (χ3v) is 7.96. The van der Waals surface area contributed by atoms with Crippen molar-refractivity contribution in [3.63, 3.8) is 0 Å². The highest BCUT2D eigenvalue weighted by atomic mass is 79.9. The summed E-state index contributed by atoms with van der Waals surface area (Å²) in [7, 11) is -3.97. The molecule has 7 nitrogen and oxygen atoms in total. The first kappa shape index (κ1) is 22.6. The van der Waals surface area contributed by atoms with E-state index in [2.05, 4.69) is 27.5 Å². The van der Waals surface area contributed by atoms with Crippen molar-refractivity contribution in [1.29, 1.82) is 0 Å². The van der Waals surface area contributed by atoms with E-state index in [9.17, 15) is 18.0 Å². The smallest absolute Gasteiger partial charge is 0.263 e. The topological polar surface area (TPSA) is 88.8 Å². The predicted molar refractivity (Wildman–Crippen MR) is 129 cm³/mol. The number of rotatable bonds is 6. The lowest BCUT2D eigenvalue weighted by atomic mass is 10.2. The van der Waals surface area contributed by atoms with Crippen LogP contribution >= 0.6 is 27.3 Å². The second kappa shape index (κ2) is 9.13. The number of sulfone groups is 1. The number of hydrogen-bond acceptors (Lipinski definition) is 5. The van der Waals surface area contributed by atoms with Crippen molar-refractivity contribution in [1.82, 2.24) is 4.57 Å². The number of halogens is 1. The number of fused-ring (bicyclic) bond motifs is 2. The summed E-state index contributed by atoms with van der Waals surface area (Å²) in [6.45, 7) is 4.60. The van der Waals surface area contributed by atoms with Gasteiger partial charge in [0, 0.05) is 23.2 Å². The summed E-state index contributed by atoms with van der Waals surface area (Å²) >= 11 is 4.71. The van der Waals surface area contributed by atoms with E-state index in [-0.39, 0.29) is 0 Å². The summed E-state index contributed by atoms with van der Waals surface area (Å²) in [5.41, 5.74) is 2.61. The molecule has 1 aromatic heterocycles. The zero-order valence-electron chi connectivity index (χ0n) is 17.0. The summed E-state index contributed by atoms with van der Waals surface area (Å²) < 4.78 is 28.8. The first-order valence-corrected chi connectivity index (χ1v) is 13.3. The fourth-order valence-electron chi connectivity index (χ4n) is 3.68. The molecular weight excluding hydrogens is 514 g/mol. The van der Waals surface area contributed by atoms with Crippen LogP contribution in [0.5, 0.6) is 0 Å². The van der Waals surface area contributed by atoms with Crippen LogP contribution in [0.15, 0.2) is 64.6 Å². The molecule has 10 heteroatoms. The van der Waals surface area contributed by atoms with Gasteiger partial charge >= 0.3 is 0 Å². The maximum atomic E-state index is 12.6. The van der Waals surface area contributed by atoms with Crippen LogP contribution in [-0.4, -0.2) is 42.8 Å². The second-order valence-corrected chi connectivity index (χ2v) is 11.3. The molecule has 3 aromatic rings. The number of benzene rings is 2. The molecule has 0 N–H and O–H groups in total. The molecule has 0 aliphatic carbocycles. The van der Waals surface area contributed by atoms with Gasteiger partial charge in [0.15, 0.2) is 14.6 Å². The van der Waals surface area contributed by atoms with E-state index >= 15 is 0 Å². The van der Waals surface area contributed by atoms with Crippen LogP contribution in [0.2, 0.25) is 0 Å². The van der Waals surface area contributed by atoms with Gasteiger partial charge in [-0.05, 0) is 36.2 Å². The Labute approximate surface area is 197 Å². The summed E-state index contributed by atoms with van der Waals surface area (Å²) in [4.78, 5) is 31.1. The third kappa shape index (κ3) is 4.77. The number of allylic oxidation sites excluding steroid dienone is 1. The molecule has 1 aliphatic rings. The van der Waals surface area contributed by atoms with Crippen molar-refractivity contribution < 1.29 is 18.0 Å². The van der Waals surface area contributed by atoms with Crippen LogP contribution in [0.3, 0.4) is 0 Å². The molecule has 0 atom stereocenters. The number of nitrogens with zero attached hydrogens (tertiary/aromatic N) is 3. The molecule has 0 saturated carbocycles. The number of thiazole rings is 1. The molecule has 1 aliphatic heterocycles. The Hall–Kier alpha value is -2.56. The van der Waals surface area contributed by atoms with Crippen LogP contribution in [0.4, 0.5) is 5.69 Å². The minimum atomic E-state index is -3.97. The molecule has 32 heavy (non-hydrogen) atoms. The van der Waals surface area contributed by atoms with E-state index < -0.39 is 33.2 Å². The van der Waals surface area contributed by atoms with Crippen LogP contribution < -0.4 is 9.70 Å². The van der Waals surface area contributed by atoms with E-state index in [1.54, 1.807) is 16.7 Å². The van der Waals surface area contributed by atoms with Gasteiger partial charge in [-0.1, -0.05) is 51.5 Å². The highest BCUT2D eigenvalue weighted by molar-refractivity contribution is 9.10. The Bertz CT molecular complexity index is 1410. The van der Waals surface area contributed by atoms with E-state index in [0.717, 1.165) is 25.9 Å². The van der Waals surface area contributed by atoms with Gasteiger partial charge in [-0.15, -0.1) is 6.58 Å². The normalized spacial score (nSPS) is 14.0. The Balaban J connectivity index is 1.53. The summed E-state index contributed by atoms with van der Waals surface area (Å²) in [5, 5.41) is 0. The number of carbonyl (C=O) groups excluding carboxylic acids is 2. The van der Waals surface area contributed by atoms with Gasteiger partial charge in [0.05, 0.1) is 10.2 Å². The average Bonchev–Trinajstić information content (AvgIpc) is 3.29. The molecule has 0 saturated heterocycles. The first-order valence-electron chi connectivity index (χ1n) is 9.83. The quantitative estimate of drug-likeness (QED) is 0.455. The fourth-order valence-corrected chi connectivity index (χ4v) is 6.36. The molecule has 0 fully saturated rings. The van der Waals surface area contributed by atoms with Crippen molar-refractivity contribution in [2.45, 2.75) is 13.0 Å². The number of hydrogen-bond donors (Lipinski definition) is 0. The highest BCUT2D eigenvalue weighted by Crippen LogP contribution is 2.27. The minimum absolute atomic E-state index is 0.387. The lowest BCUT2D eigenvalue weighted by Gasteiger charge is -2.17. The molecule has 0 bridgehead atoms. The molecule has 2 aromatic carbocycles. The summed E-state index contributed by atoms with van der Waals surface area (Å²) in [5.74, 6) is -2.88. The lowest BCUT2D eigenvalue weighted by Crippen LogP contribution is -2.36. The Morgan fingerprint density at radius 1 is 1.19 bits per heavy atom. The van der Waals surface area contributed by atoms with E-state index in [0.29, 0.717) is 24.3 Å². The van der Waals surface area contributed by atoms with Crippen molar-refractivity contribution in [3.05, 3.63) is 70.0 Å². The van der Waals surface area contributed by atoms with Gasteiger partial charge in [0.2, 0.25) is 5.91 Å². The fraction of sp³-hybridized carbons (Fsp3) is 0.227. The highest BCUT2D eigenvalue weighted by Gasteiger charge is 2.29. The third-order valence-electron chi connectivity index (χ3n) is 5.05. The number of carbonyl (C=O) groups is 2. The summed E-state index contributed by atoms with van der Waals surface area (Å²) in [6, 6.07) is 13.1. The van der Waals surface area contributed by atoms with E-state index in [1.807, 2.05) is 36.4 Å². The van der Waals surface area contributed by atoms with Crippen LogP contribution in [0.25, 0.3) is 10.2 Å². The molecule has 4 rings (SSSR count). The Morgan fingerprint density at radius 2 is 1.97 bits per heavy atom. The standard InChI is InChI=1S/C22H20BrN3O4S2/c1-2-10-26-18-8-7-16(23)12-19(18)31-22(26)24-20(27)13-32(29,30)14-21(28)25-11-9-15-5-3-4-6-17(15)25/h2-8,12H,1,9-11,13-14H2. The van der Waals surface area contributed by atoms with Crippen molar-refractivity contribution in [2.75, 3.05) is 23.0 Å². The van der Waals surface area contributed by atoms with Crippen LogP contribution in [0.1, 0.15) is 5.56 Å². The Morgan fingerprint density at radius 3 is 2.75 bits per heavy atom. The largest absolute Gasteiger partial charge is 0.313 e. The van der Waals surface area contributed by atoms with Gasteiger partial charge in [-0.2, -0.15) is 4.99 Å². The van der Waals surface area contributed by atoms with Gasteiger partial charge < -0.3 is 9.47 Å². The second-order valence-electron chi connectivity index (χ2n) is 7.36. The average molecular weight is 534 g/mol. The molecule has 2 heterocycles. The zero-order chi connectivity index (χ0) is 22.9. The molecule has 0 unspecified atom stereocenters. The number of amides is 2. The molecule has 0 spiro atoms. The van der Waals surface area contributed by atoms with E-state index in [4.69, 9.17) is 0 Å². The summed E-state index contributed by atoms with van der Waals surface area (Å²) in [6.07, 6.45) is 2.36. The van der Waals surface area contributed by atoms with Gasteiger partial charge in [-0.25, -0.2) is 8.42 Å². The number of aromatic nitrogens is 1. The zero-order valence-corrected chi connectivity index (χ0v) is 20.2. The van der Waals surface area contributed by atoms with Crippen LogP contribution in [0, 0.1) is 0 Å². The van der Waals surface area contributed by atoms with Gasteiger partial charge in [0.1, 0.15) is 11.5 Å². The predicted octanol–water partition coefficient (Wildman–Crippen LogP) is 3.08. The molecular formula is C22H20BrN3O4S2. The molecule has 0 radical (unpaired) electrons. The van der Waals surface area contributed by atoms with Crippen molar-refractivity contribution in [3.8, 4) is 0 Å². The van der Waals surface area contributed by atoms with E-state index in [1.165, 1.54) is 16.2 Å². The SMILES string of the molecule is C=CCn1c(=NC(=O)CS(=O)(=O)CC(=O)N2CCc3ccccc32)sc2cc(Br)ccc21. The van der Waals surface area contributed by atoms with Crippen LogP contribution in [-0.2, 0) is 32.4 Å². The molecule has 2 amide bonds. The van der Waals surface area contributed by atoms with Gasteiger partial charge in [0.25, 0.3) is 5.91 Å². The maximum absolute atomic E-state index is 12.6.